The predicted octanol–water partition coefficient (Wildman–Crippen LogP) is 1.01. The molecular weight excluding hydrogens is 250 g/mol. The highest BCUT2D eigenvalue weighted by Crippen LogP contribution is 2.28. The molecule has 0 atom stereocenters. The third-order valence-electron chi connectivity index (χ3n) is 1.91. The number of hydrogen-bond acceptors (Lipinski definition) is 5. The average Bonchev–Trinajstić information content (AvgIpc) is 2.31. The fourth-order valence-electron chi connectivity index (χ4n) is 1.28. The van der Waals surface area contributed by atoms with Crippen molar-refractivity contribution < 1.29 is 19.1 Å². The van der Waals surface area contributed by atoms with Crippen molar-refractivity contribution in [3.05, 3.63) is 23.8 Å². The number of nitrogens with zero attached hydrogens (tertiary/aromatic N) is 1. The average molecular weight is 265 g/mol. The molecule has 0 radical (unpaired) electrons. The van der Waals surface area contributed by atoms with E-state index in [1.807, 2.05) is 6.92 Å². The van der Waals surface area contributed by atoms with Crippen LogP contribution in [-0.4, -0.2) is 24.8 Å². The van der Waals surface area contributed by atoms with Crippen molar-refractivity contribution in [2.24, 2.45) is 10.8 Å². The van der Waals surface area contributed by atoms with Gasteiger partial charge in [0.25, 0.3) is 0 Å². The lowest BCUT2D eigenvalue weighted by molar-refractivity contribution is -0.132. The molecule has 0 saturated carbocycles. The highest BCUT2D eigenvalue weighted by molar-refractivity contribution is 5.83. The number of amides is 2. The van der Waals surface area contributed by atoms with Crippen LogP contribution in [0.3, 0.4) is 0 Å². The standard InChI is InChI=1S/C12H15N3O4/c1-3-18-11-6-9(7-14-15-12(13)17)4-5-10(11)19-8(2)16/h4-7H,3H2,1-2H3,(H3,13,15,17). The van der Waals surface area contributed by atoms with Gasteiger partial charge >= 0.3 is 12.0 Å². The smallest absolute Gasteiger partial charge is 0.332 e. The van der Waals surface area contributed by atoms with E-state index in [0.29, 0.717) is 23.7 Å². The van der Waals surface area contributed by atoms with E-state index < -0.39 is 12.0 Å². The number of urea groups is 1. The Morgan fingerprint density at radius 2 is 2.16 bits per heavy atom. The Hall–Kier alpha value is -2.57. The molecule has 0 aliphatic heterocycles. The van der Waals surface area contributed by atoms with Crippen LogP contribution in [0.25, 0.3) is 0 Å². The van der Waals surface area contributed by atoms with Crippen LogP contribution in [0.4, 0.5) is 4.79 Å². The van der Waals surface area contributed by atoms with Gasteiger partial charge in [-0.15, -0.1) is 0 Å². The lowest BCUT2D eigenvalue weighted by atomic mass is 10.2. The van der Waals surface area contributed by atoms with Crippen molar-refractivity contribution in [3.63, 3.8) is 0 Å². The summed E-state index contributed by atoms with van der Waals surface area (Å²) in [7, 11) is 0. The second-order valence-corrected chi connectivity index (χ2v) is 3.47. The van der Waals surface area contributed by atoms with Gasteiger partial charge in [-0.2, -0.15) is 5.10 Å². The third kappa shape index (κ3) is 5.07. The number of benzene rings is 1. The Labute approximate surface area is 110 Å². The van der Waals surface area contributed by atoms with Crippen LogP contribution in [0.2, 0.25) is 0 Å². The fraction of sp³-hybridized carbons (Fsp3) is 0.250. The van der Waals surface area contributed by atoms with Crippen LogP contribution in [0.5, 0.6) is 11.5 Å². The van der Waals surface area contributed by atoms with Gasteiger partial charge in [0.2, 0.25) is 0 Å². The number of hydrogen-bond donors (Lipinski definition) is 2. The third-order valence-corrected chi connectivity index (χ3v) is 1.91. The summed E-state index contributed by atoms with van der Waals surface area (Å²) in [5.74, 6) is 0.313. The van der Waals surface area contributed by atoms with Crippen LogP contribution >= 0.6 is 0 Å². The van der Waals surface area contributed by atoms with Crippen LogP contribution in [0, 0.1) is 0 Å². The Bertz CT molecular complexity index is 500. The maximum Gasteiger partial charge on any atom is 0.332 e. The Kier molecular flexibility index (Phi) is 5.34. The van der Waals surface area contributed by atoms with Gasteiger partial charge in [-0.25, -0.2) is 10.2 Å². The van der Waals surface area contributed by atoms with Crippen molar-refractivity contribution in [1.82, 2.24) is 5.43 Å². The second-order valence-electron chi connectivity index (χ2n) is 3.47. The summed E-state index contributed by atoms with van der Waals surface area (Å²) in [5, 5.41) is 3.62. The Morgan fingerprint density at radius 3 is 2.74 bits per heavy atom. The van der Waals surface area contributed by atoms with Crippen LogP contribution in [0.1, 0.15) is 19.4 Å². The molecule has 7 heteroatoms. The molecule has 0 bridgehead atoms. The largest absolute Gasteiger partial charge is 0.490 e. The molecule has 0 aliphatic rings. The summed E-state index contributed by atoms with van der Waals surface area (Å²) >= 11 is 0. The first-order valence-corrected chi connectivity index (χ1v) is 5.56. The highest BCUT2D eigenvalue weighted by Gasteiger charge is 2.07. The minimum absolute atomic E-state index is 0.328. The number of primary amides is 1. The minimum Gasteiger partial charge on any atom is -0.490 e. The SMILES string of the molecule is CCOc1cc(C=NNC(N)=O)ccc1OC(C)=O. The van der Waals surface area contributed by atoms with Gasteiger partial charge in [0.05, 0.1) is 12.8 Å². The van der Waals surface area contributed by atoms with Gasteiger partial charge < -0.3 is 15.2 Å². The maximum absolute atomic E-state index is 10.9. The first kappa shape index (κ1) is 14.5. The van der Waals surface area contributed by atoms with Crippen molar-refractivity contribution in [2.75, 3.05) is 6.61 Å². The predicted molar refractivity (Wildman–Crippen MR) is 69.2 cm³/mol. The number of esters is 1. The molecule has 0 saturated heterocycles. The molecule has 0 fully saturated rings. The van der Waals surface area contributed by atoms with Gasteiger partial charge in [0.15, 0.2) is 11.5 Å². The summed E-state index contributed by atoms with van der Waals surface area (Å²) in [4.78, 5) is 21.4. The summed E-state index contributed by atoms with van der Waals surface area (Å²) in [5.41, 5.74) is 7.60. The van der Waals surface area contributed by atoms with E-state index in [-0.39, 0.29) is 0 Å². The van der Waals surface area contributed by atoms with Crippen LogP contribution < -0.4 is 20.6 Å². The monoisotopic (exact) mass is 265 g/mol. The van der Waals surface area contributed by atoms with Gasteiger partial charge in [-0.3, -0.25) is 4.79 Å². The van der Waals surface area contributed by atoms with E-state index >= 15 is 0 Å². The number of carbonyl (C=O) groups is 2. The molecule has 2 amide bonds. The van der Waals surface area contributed by atoms with E-state index in [4.69, 9.17) is 15.2 Å². The number of carbonyl (C=O) groups excluding carboxylic acids is 2. The van der Waals surface area contributed by atoms with Crippen LogP contribution in [-0.2, 0) is 4.79 Å². The molecule has 1 aromatic rings. The Balaban J connectivity index is 2.91. The minimum atomic E-state index is -0.752. The molecule has 102 valence electrons. The van der Waals surface area contributed by atoms with Crippen molar-refractivity contribution in [3.8, 4) is 11.5 Å². The molecule has 3 N–H and O–H groups in total. The summed E-state index contributed by atoms with van der Waals surface area (Å²) in [6, 6.07) is 4.12. The number of rotatable bonds is 5. The van der Waals surface area contributed by atoms with E-state index in [0.717, 1.165) is 0 Å². The molecule has 0 aliphatic carbocycles. The highest BCUT2D eigenvalue weighted by atomic mass is 16.6. The van der Waals surface area contributed by atoms with E-state index in [1.54, 1.807) is 18.2 Å². The Morgan fingerprint density at radius 1 is 1.42 bits per heavy atom. The molecule has 0 heterocycles. The van der Waals surface area contributed by atoms with Gasteiger partial charge in [0.1, 0.15) is 0 Å². The lowest BCUT2D eigenvalue weighted by Gasteiger charge is -2.09. The quantitative estimate of drug-likeness (QED) is 0.359. The fourth-order valence-corrected chi connectivity index (χ4v) is 1.28. The zero-order chi connectivity index (χ0) is 14.3. The van der Waals surface area contributed by atoms with E-state index in [2.05, 4.69) is 10.5 Å². The van der Waals surface area contributed by atoms with Gasteiger partial charge in [0, 0.05) is 6.92 Å². The molecule has 7 nitrogen and oxygen atoms in total. The number of hydrazone groups is 1. The van der Waals surface area contributed by atoms with Gasteiger partial charge in [-0.05, 0) is 30.7 Å². The van der Waals surface area contributed by atoms with Crippen LogP contribution in [0.15, 0.2) is 23.3 Å². The number of ether oxygens (including phenoxy) is 2. The van der Waals surface area contributed by atoms with Gasteiger partial charge in [-0.1, -0.05) is 0 Å². The van der Waals surface area contributed by atoms with E-state index in [1.165, 1.54) is 13.1 Å². The first-order valence-electron chi connectivity index (χ1n) is 5.56. The second kappa shape index (κ2) is 7.00. The molecule has 0 unspecified atom stereocenters. The summed E-state index contributed by atoms with van der Waals surface area (Å²) in [6.07, 6.45) is 1.39. The summed E-state index contributed by atoms with van der Waals surface area (Å²) in [6.45, 7) is 3.54. The van der Waals surface area contributed by atoms with Crippen molar-refractivity contribution >= 4 is 18.2 Å². The topological polar surface area (TPSA) is 103 Å². The lowest BCUT2D eigenvalue weighted by Crippen LogP contribution is -2.24. The molecule has 19 heavy (non-hydrogen) atoms. The molecule has 0 spiro atoms. The normalized spacial score (nSPS) is 10.2. The van der Waals surface area contributed by atoms with Crippen molar-refractivity contribution in [2.45, 2.75) is 13.8 Å². The number of nitrogens with two attached hydrogens (primary N) is 1. The number of nitrogens with one attached hydrogen (secondary N) is 1. The zero-order valence-corrected chi connectivity index (χ0v) is 10.7. The molecule has 1 rings (SSSR count). The maximum atomic E-state index is 10.9. The summed E-state index contributed by atoms with van der Waals surface area (Å²) < 4.78 is 10.4. The molecule has 1 aromatic carbocycles. The molecule has 0 aromatic heterocycles. The van der Waals surface area contributed by atoms with Crippen molar-refractivity contribution in [1.29, 1.82) is 0 Å². The molecular formula is C12H15N3O4. The first-order chi connectivity index (χ1) is 9.02. The zero-order valence-electron chi connectivity index (χ0n) is 10.7. The van der Waals surface area contributed by atoms with E-state index in [9.17, 15) is 9.59 Å².